The molecule has 0 fully saturated rings. The van der Waals surface area contributed by atoms with E-state index in [1.807, 2.05) is 14.1 Å². The first-order chi connectivity index (χ1) is 2.64. The fourth-order valence-corrected chi connectivity index (χ4v) is 0. The molecular weight excluding hydrogens is 180 g/mol. The van der Waals surface area contributed by atoms with Gasteiger partial charge in [-0.25, -0.2) is 0 Å². The molecule has 0 heterocycles. The van der Waals surface area contributed by atoms with E-state index in [1.54, 1.807) is 4.90 Å². The molecule has 0 unspecified atom stereocenters. The number of hydrogen-bond acceptors (Lipinski definition) is 1. The molecule has 7 heavy (non-hydrogen) atoms. The molecular formula is C3H7NS2Zn+2. The van der Waals surface area contributed by atoms with E-state index in [9.17, 15) is 0 Å². The van der Waals surface area contributed by atoms with E-state index in [2.05, 4.69) is 24.8 Å². The van der Waals surface area contributed by atoms with Crippen LogP contribution in [0.3, 0.4) is 0 Å². The third-order valence-electron chi connectivity index (χ3n) is 0.383. The van der Waals surface area contributed by atoms with Crippen molar-refractivity contribution in [3.63, 3.8) is 0 Å². The Labute approximate surface area is 67.6 Å². The Morgan fingerprint density at radius 1 is 1.57 bits per heavy atom. The summed E-state index contributed by atoms with van der Waals surface area (Å²) in [4.78, 5) is 1.76. The van der Waals surface area contributed by atoms with Crippen LogP contribution in [0.15, 0.2) is 0 Å². The van der Waals surface area contributed by atoms with Crippen LogP contribution in [0.2, 0.25) is 0 Å². The van der Waals surface area contributed by atoms with Gasteiger partial charge < -0.3 is 4.90 Å². The van der Waals surface area contributed by atoms with Crippen LogP contribution in [-0.4, -0.2) is 23.3 Å². The average molecular weight is 187 g/mol. The molecule has 0 aliphatic carbocycles. The molecule has 0 spiro atoms. The third-order valence-corrected chi connectivity index (χ3v) is 1.15. The Morgan fingerprint density at radius 3 is 1.71 bits per heavy atom. The Kier molecular flexibility index (Phi) is 7.71. The van der Waals surface area contributed by atoms with E-state index in [0.717, 1.165) is 0 Å². The van der Waals surface area contributed by atoms with Crippen LogP contribution in [-0.2, 0) is 19.5 Å². The summed E-state index contributed by atoms with van der Waals surface area (Å²) in [6.45, 7) is 0. The zero-order valence-electron chi connectivity index (χ0n) is 4.51. The molecule has 0 atom stereocenters. The predicted octanol–water partition coefficient (Wildman–Crippen LogP) is 0.760. The molecule has 0 amide bonds. The summed E-state index contributed by atoms with van der Waals surface area (Å²) in [7, 11) is 3.71. The zero-order chi connectivity index (χ0) is 5.15. The third kappa shape index (κ3) is 6.86. The first-order valence-electron chi connectivity index (χ1n) is 1.55. The van der Waals surface area contributed by atoms with E-state index in [4.69, 9.17) is 0 Å². The number of hydrogen-bond donors (Lipinski definition) is 1. The van der Waals surface area contributed by atoms with Crippen molar-refractivity contribution in [2.45, 2.75) is 0 Å². The molecule has 0 rings (SSSR count). The number of nitrogens with zero attached hydrogens (tertiary/aromatic N) is 1. The second-order valence-corrected chi connectivity index (χ2v) is 2.29. The van der Waals surface area contributed by atoms with Gasteiger partial charge >= 0.3 is 19.5 Å². The predicted molar refractivity (Wildman–Crippen MR) is 35.3 cm³/mol. The van der Waals surface area contributed by atoms with Crippen molar-refractivity contribution in [1.29, 1.82) is 0 Å². The van der Waals surface area contributed by atoms with Gasteiger partial charge in [0.25, 0.3) is 0 Å². The standard InChI is InChI=1S/C3H7NS2.Zn/c1-4(2)3(5)6;/h1-2H3,(H,5,6);/q;+2. The van der Waals surface area contributed by atoms with Crippen molar-refractivity contribution < 1.29 is 19.5 Å². The van der Waals surface area contributed by atoms with Gasteiger partial charge in [0.1, 0.15) is 4.32 Å². The van der Waals surface area contributed by atoms with Gasteiger partial charge in [-0.1, -0.05) is 12.2 Å². The Bertz CT molecular complexity index is 64.0. The zero-order valence-corrected chi connectivity index (χ0v) is 9.19. The first-order valence-corrected chi connectivity index (χ1v) is 2.40. The topological polar surface area (TPSA) is 3.24 Å². The van der Waals surface area contributed by atoms with Gasteiger partial charge in [0.15, 0.2) is 0 Å². The maximum Gasteiger partial charge on any atom is 2.00 e. The van der Waals surface area contributed by atoms with E-state index >= 15 is 0 Å². The molecule has 36 valence electrons. The van der Waals surface area contributed by atoms with Gasteiger partial charge in [0, 0.05) is 14.1 Å². The molecule has 4 heteroatoms. The van der Waals surface area contributed by atoms with E-state index in [-0.39, 0.29) is 19.5 Å². The SMILES string of the molecule is CN(C)C(=S)S.[Zn+2]. The summed E-state index contributed by atoms with van der Waals surface area (Å²) in [5.41, 5.74) is 0. The fraction of sp³-hybridized carbons (Fsp3) is 0.667. The van der Waals surface area contributed by atoms with Crippen LogP contribution in [0.1, 0.15) is 0 Å². The summed E-state index contributed by atoms with van der Waals surface area (Å²) < 4.78 is 0.620. The minimum atomic E-state index is 0. The Hall–Kier alpha value is 0.863. The molecule has 1 nitrogen and oxygen atoms in total. The van der Waals surface area contributed by atoms with Crippen LogP contribution in [0.4, 0.5) is 0 Å². The number of thiocarbonyl (C=S) groups is 1. The smallest absolute Gasteiger partial charge is 0.364 e. The maximum absolute atomic E-state index is 4.61. The molecule has 0 aliphatic heterocycles. The van der Waals surface area contributed by atoms with E-state index < -0.39 is 0 Å². The summed E-state index contributed by atoms with van der Waals surface area (Å²) in [5, 5.41) is 0. The molecule has 0 saturated heterocycles. The van der Waals surface area contributed by atoms with Crippen LogP contribution in [0.5, 0.6) is 0 Å². The second kappa shape index (κ2) is 5.01. The molecule has 0 saturated carbocycles. The maximum atomic E-state index is 4.61. The molecule has 0 bridgehead atoms. The van der Waals surface area contributed by atoms with E-state index in [1.165, 1.54) is 0 Å². The van der Waals surface area contributed by atoms with Crippen LogP contribution in [0.25, 0.3) is 0 Å². The minimum absolute atomic E-state index is 0. The number of rotatable bonds is 0. The normalized spacial score (nSPS) is 6.71. The van der Waals surface area contributed by atoms with Crippen molar-refractivity contribution in [3.8, 4) is 0 Å². The Balaban J connectivity index is 0. The summed E-state index contributed by atoms with van der Waals surface area (Å²) in [5.74, 6) is 0. The van der Waals surface area contributed by atoms with Crippen LogP contribution >= 0.6 is 24.8 Å². The van der Waals surface area contributed by atoms with Gasteiger partial charge in [-0.05, 0) is 0 Å². The van der Waals surface area contributed by atoms with Gasteiger partial charge in [0.05, 0.1) is 0 Å². The van der Waals surface area contributed by atoms with Crippen molar-refractivity contribution >= 4 is 29.2 Å². The minimum Gasteiger partial charge on any atom is -0.364 e. The quantitative estimate of drug-likeness (QED) is 0.338. The summed E-state index contributed by atoms with van der Waals surface area (Å²) in [6, 6.07) is 0. The van der Waals surface area contributed by atoms with Crippen molar-refractivity contribution in [1.82, 2.24) is 4.90 Å². The monoisotopic (exact) mass is 185 g/mol. The molecule has 0 radical (unpaired) electrons. The van der Waals surface area contributed by atoms with Gasteiger partial charge in [-0.15, -0.1) is 12.6 Å². The first kappa shape index (κ1) is 10.8. The molecule has 0 aromatic rings. The number of thiol groups is 1. The Morgan fingerprint density at radius 2 is 1.71 bits per heavy atom. The van der Waals surface area contributed by atoms with Gasteiger partial charge in [-0.3, -0.25) is 0 Å². The summed E-state index contributed by atoms with van der Waals surface area (Å²) >= 11 is 8.46. The van der Waals surface area contributed by atoms with Crippen LogP contribution in [0, 0.1) is 0 Å². The van der Waals surface area contributed by atoms with Crippen molar-refractivity contribution in [2.75, 3.05) is 14.1 Å². The molecule has 0 aliphatic rings. The fourth-order valence-electron chi connectivity index (χ4n) is 0. The molecule has 0 aromatic heterocycles. The van der Waals surface area contributed by atoms with Crippen molar-refractivity contribution in [2.24, 2.45) is 0 Å². The largest absolute Gasteiger partial charge is 2.00 e. The second-order valence-electron chi connectivity index (χ2n) is 1.18. The molecule has 0 N–H and O–H groups in total. The van der Waals surface area contributed by atoms with Crippen molar-refractivity contribution in [3.05, 3.63) is 0 Å². The van der Waals surface area contributed by atoms with Crippen LogP contribution < -0.4 is 0 Å². The summed E-state index contributed by atoms with van der Waals surface area (Å²) in [6.07, 6.45) is 0. The van der Waals surface area contributed by atoms with Gasteiger partial charge in [0.2, 0.25) is 0 Å². The average Bonchev–Trinajstić information content (AvgIpc) is 1.36. The molecule has 0 aromatic carbocycles. The van der Waals surface area contributed by atoms with E-state index in [0.29, 0.717) is 4.32 Å². The van der Waals surface area contributed by atoms with Gasteiger partial charge in [-0.2, -0.15) is 0 Å².